The van der Waals surface area contributed by atoms with Crippen LogP contribution in [0.5, 0.6) is 0 Å². The van der Waals surface area contributed by atoms with Gasteiger partial charge in [0.05, 0.1) is 11.5 Å². The zero-order valence-electron chi connectivity index (χ0n) is 6.55. The fourth-order valence-corrected chi connectivity index (χ4v) is 1.67. The van der Waals surface area contributed by atoms with Crippen molar-refractivity contribution in [2.24, 2.45) is 10.7 Å². The second kappa shape index (κ2) is 2.90. The molecule has 0 aromatic heterocycles. The van der Waals surface area contributed by atoms with Crippen LogP contribution in [-0.2, 0) is 6.42 Å². The Morgan fingerprint density at radius 1 is 1.33 bits per heavy atom. The van der Waals surface area contributed by atoms with Crippen LogP contribution in [0.15, 0.2) is 27.7 Å². The number of halogens is 1. The summed E-state index contributed by atoms with van der Waals surface area (Å²) < 4.78 is 1.06. The Balaban J connectivity index is 2.53. The molecule has 0 spiro atoms. The first-order valence-corrected chi connectivity index (χ1v) is 4.66. The van der Waals surface area contributed by atoms with Crippen LogP contribution in [0.1, 0.15) is 12.0 Å². The van der Waals surface area contributed by atoms with Crippen LogP contribution in [-0.4, -0.2) is 5.84 Å². The summed E-state index contributed by atoms with van der Waals surface area (Å²) in [7, 11) is 0. The second-order valence-corrected chi connectivity index (χ2v) is 3.79. The minimum absolute atomic E-state index is 0.737. The molecule has 0 amide bonds. The molecule has 0 saturated carbocycles. The second-order valence-electron chi connectivity index (χ2n) is 2.88. The first-order chi connectivity index (χ1) is 5.75. The minimum Gasteiger partial charge on any atom is -0.387 e. The van der Waals surface area contributed by atoms with E-state index in [4.69, 9.17) is 5.73 Å². The van der Waals surface area contributed by atoms with Crippen molar-refractivity contribution in [2.45, 2.75) is 12.8 Å². The summed E-state index contributed by atoms with van der Waals surface area (Å²) in [6.07, 6.45) is 1.90. The lowest BCUT2D eigenvalue weighted by Crippen LogP contribution is -2.15. The van der Waals surface area contributed by atoms with Crippen molar-refractivity contribution in [3.63, 3.8) is 0 Å². The van der Waals surface area contributed by atoms with Gasteiger partial charge in [-0.3, -0.25) is 0 Å². The highest BCUT2D eigenvalue weighted by Gasteiger charge is 2.08. The Hall–Kier alpha value is -0.830. The van der Waals surface area contributed by atoms with Crippen molar-refractivity contribution < 1.29 is 0 Å². The number of rotatable bonds is 0. The van der Waals surface area contributed by atoms with Gasteiger partial charge in [-0.1, -0.05) is 22.0 Å². The maximum Gasteiger partial charge on any atom is 0.0999 e. The molecule has 0 bridgehead atoms. The van der Waals surface area contributed by atoms with Crippen molar-refractivity contribution in [1.29, 1.82) is 0 Å². The van der Waals surface area contributed by atoms with Crippen molar-refractivity contribution in [2.75, 3.05) is 0 Å². The molecule has 1 heterocycles. The molecular formula is C9H9BrN2. The maximum atomic E-state index is 5.63. The van der Waals surface area contributed by atoms with Gasteiger partial charge in [0.25, 0.3) is 0 Å². The van der Waals surface area contributed by atoms with Crippen LogP contribution < -0.4 is 5.73 Å². The van der Waals surface area contributed by atoms with E-state index in [1.54, 1.807) is 0 Å². The van der Waals surface area contributed by atoms with E-state index in [9.17, 15) is 0 Å². The third kappa shape index (κ3) is 1.37. The predicted octanol–water partition coefficient (Wildman–Crippen LogP) is 2.38. The molecule has 2 rings (SSSR count). The summed E-state index contributed by atoms with van der Waals surface area (Å²) in [5.74, 6) is 0.737. The topological polar surface area (TPSA) is 38.4 Å². The van der Waals surface area contributed by atoms with Gasteiger partial charge in [0.1, 0.15) is 0 Å². The van der Waals surface area contributed by atoms with Gasteiger partial charge in [-0.25, -0.2) is 4.99 Å². The number of benzene rings is 1. The van der Waals surface area contributed by atoms with Crippen molar-refractivity contribution >= 4 is 27.5 Å². The average molecular weight is 225 g/mol. The van der Waals surface area contributed by atoms with E-state index in [1.807, 2.05) is 12.1 Å². The number of hydrogen-bond acceptors (Lipinski definition) is 2. The molecule has 1 aromatic carbocycles. The van der Waals surface area contributed by atoms with Crippen molar-refractivity contribution in [3.05, 3.63) is 28.2 Å². The highest BCUT2D eigenvalue weighted by molar-refractivity contribution is 9.10. The quantitative estimate of drug-likeness (QED) is 0.723. The van der Waals surface area contributed by atoms with E-state index in [-0.39, 0.29) is 0 Å². The van der Waals surface area contributed by atoms with E-state index < -0.39 is 0 Å². The van der Waals surface area contributed by atoms with E-state index in [0.29, 0.717) is 0 Å². The average Bonchev–Trinajstić information content (AvgIpc) is 2.03. The fourth-order valence-electron chi connectivity index (χ4n) is 1.33. The third-order valence-corrected chi connectivity index (χ3v) is 2.46. The van der Waals surface area contributed by atoms with E-state index >= 15 is 0 Å². The molecular weight excluding hydrogens is 216 g/mol. The van der Waals surface area contributed by atoms with Crippen LogP contribution in [0.25, 0.3) is 0 Å². The molecule has 62 valence electrons. The highest BCUT2D eigenvalue weighted by Crippen LogP contribution is 2.27. The van der Waals surface area contributed by atoms with Gasteiger partial charge in [0.2, 0.25) is 0 Å². The van der Waals surface area contributed by atoms with Crippen LogP contribution in [0.4, 0.5) is 5.69 Å². The van der Waals surface area contributed by atoms with E-state index in [2.05, 4.69) is 27.0 Å². The van der Waals surface area contributed by atoms with Crippen LogP contribution in [0.2, 0.25) is 0 Å². The molecule has 12 heavy (non-hydrogen) atoms. The third-order valence-electron chi connectivity index (χ3n) is 1.96. The summed E-state index contributed by atoms with van der Waals surface area (Å²) in [5, 5.41) is 0. The lowest BCUT2D eigenvalue weighted by Gasteiger charge is -2.12. The van der Waals surface area contributed by atoms with Crippen LogP contribution >= 0.6 is 15.9 Å². The number of fused-ring (bicyclic) bond motifs is 1. The maximum absolute atomic E-state index is 5.63. The molecule has 0 atom stereocenters. The van der Waals surface area contributed by atoms with Gasteiger partial charge in [0.15, 0.2) is 0 Å². The molecule has 0 fully saturated rings. The SMILES string of the molecule is NC1=Nc2cc(Br)ccc2CC1. The lowest BCUT2D eigenvalue weighted by atomic mass is 10.0. The fraction of sp³-hybridized carbons (Fsp3) is 0.222. The number of amidine groups is 1. The van der Waals surface area contributed by atoms with E-state index in [0.717, 1.165) is 28.8 Å². The minimum atomic E-state index is 0.737. The zero-order chi connectivity index (χ0) is 8.55. The summed E-state index contributed by atoms with van der Waals surface area (Å²) >= 11 is 3.40. The molecule has 0 saturated heterocycles. The summed E-state index contributed by atoms with van der Waals surface area (Å²) in [6.45, 7) is 0. The standard InChI is InChI=1S/C9H9BrN2/c10-7-3-1-6-2-4-9(11)12-8(6)5-7/h1,3,5H,2,4H2,(H2,11,12). The van der Waals surface area contributed by atoms with Crippen LogP contribution in [0, 0.1) is 0 Å². The number of aliphatic imine (C=N–C) groups is 1. The molecule has 2 N–H and O–H groups in total. The molecule has 1 aliphatic heterocycles. The normalized spacial score (nSPS) is 15.2. The number of nitrogens with two attached hydrogens (primary N) is 1. The molecule has 2 nitrogen and oxygen atoms in total. The molecule has 0 radical (unpaired) electrons. The molecule has 0 unspecified atom stereocenters. The van der Waals surface area contributed by atoms with Gasteiger partial charge in [-0.15, -0.1) is 0 Å². The number of aryl methyl sites for hydroxylation is 1. The predicted molar refractivity (Wildman–Crippen MR) is 53.7 cm³/mol. The Bertz CT molecular complexity index is 344. The molecule has 0 aliphatic carbocycles. The van der Waals surface area contributed by atoms with Crippen LogP contribution in [0.3, 0.4) is 0 Å². The molecule has 3 heteroatoms. The first-order valence-electron chi connectivity index (χ1n) is 3.87. The van der Waals surface area contributed by atoms with Gasteiger partial charge < -0.3 is 5.73 Å². The van der Waals surface area contributed by atoms with Gasteiger partial charge in [-0.05, 0) is 24.1 Å². The Morgan fingerprint density at radius 2 is 2.17 bits per heavy atom. The first kappa shape index (κ1) is 7.80. The highest BCUT2D eigenvalue weighted by atomic mass is 79.9. The van der Waals surface area contributed by atoms with Crippen molar-refractivity contribution in [3.8, 4) is 0 Å². The number of nitrogens with zero attached hydrogens (tertiary/aromatic N) is 1. The number of hydrogen-bond donors (Lipinski definition) is 1. The monoisotopic (exact) mass is 224 g/mol. The van der Waals surface area contributed by atoms with Crippen molar-refractivity contribution in [1.82, 2.24) is 0 Å². The Kier molecular flexibility index (Phi) is 1.89. The van der Waals surface area contributed by atoms with Gasteiger partial charge >= 0.3 is 0 Å². The summed E-state index contributed by atoms with van der Waals surface area (Å²) in [5.41, 5.74) is 7.93. The Morgan fingerprint density at radius 3 is 3.00 bits per heavy atom. The molecule has 1 aliphatic rings. The summed E-state index contributed by atoms with van der Waals surface area (Å²) in [4.78, 5) is 4.27. The lowest BCUT2D eigenvalue weighted by molar-refractivity contribution is 0.995. The zero-order valence-corrected chi connectivity index (χ0v) is 8.13. The summed E-state index contributed by atoms with van der Waals surface area (Å²) in [6, 6.07) is 6.13. The molecule has 1 aromatic rings. The van der Waals surface area contributed by atoms with E-state index in [1.165, 1.54) is 5.56 Å². The Labute approximate surface area is 79.6 Å². The van der Waals surface area contributed by atoms with Gasteiger partial charge in [-0.2, -0.15) is 0 Å². The largest absolute Gasteiger partial charge is 0.387 e. The smallest absolute Gasteiger partial charge is 0.0999 e. The van der Waals surface area contributed by atoms with Gasteiger partial charge in [0, 0.05) is 10.9 Å².